The number of hydrazone groups is 1. The Kier molecular flexibility index (Phi) is 5.51. The Morgan fingerprint density at radius 1 is 1.17 bits per heavy atom. The first-order valence-corrected chi connectivity index (χ1v) is 7.07. The van der Waals surface area contributed by atoms with Crippen molar-refractivity contribution in [3.63, 3.8) is 0 Å². The molecule has 0 aromatic heterocycles. The molecule has 0 aliphatic rings. The van der Waals surface area contributed by atoms with Crippen LogP contribution in [-0.4, -0.2) is 30.2 Å². The van der Waals surface area contributed by atoms with Crippen LogP contribution in [0.4, 0.5) is 5.69 Å². The van der Waals surface area contributed by atoms with Gasteiger partial charge in [0.1, 0.15) is 11.5 Å². The molecule has 2 aromatic rings. The van der Waals surface area contributed by atoms with Gasteiger partial charge in [-0.1, -0.05) is 12.1 Å². The van der Waals surface area contributed by atoms with Gasteiger partial charge in [-0.25, -0.2) is 5.43 Å². The maximum Gasteiger partial charge on any atom is 0.329 e. The molecule has 0 fully saturated rings. The van der Waals surface area contributed by atoms with Crippen molar-refractivity contribution in [1.82, 2.24) is 5.43 Å². The minimum absolute atomic E-state index is 0.0296. The topological polar surface area (TPSA) is 100 Å². The molecule has 0 aliphatic heterocycles. The van der Waals surface area contributed by atoms with Crippen LogP contribution in [0, 0.1) is 6.92 Å². The van der Waals surface area contributed by atoms with Crippen LogP contribution in [-0.2, 0) is 9.59 Å². The van der Waals surface area contributed by atoms with Crippen molar-refractivity contribution in [3.8, 4) is 11.5 Å². The van der Waals surface area contributed by atoms with Crippen molar-refractivity contribution in [3.05, 3.63) is 53.6 Å². The number of anilines is 1. The largest absolute Gasteiger partial charge is 0.507 e. The SMILES string of the molecule is COc1ccc(O)c(/C=N\NC(=O)C(=O)Nc2cccc(C)c2)c1. The highest BCUT2D eigenvalue weighted by molar-refractivity contribution is 6.39. The Hall–Kier alpha value is -3.35. The van der Waals surface area contributed by atoms with Gasteiger partial charge in [0, 0.05) is 11.3 Å². The number of rotatable bonds is 4. The Balaban J connectivity index is 1.96. The molecule has 7 heteroatoms. The zero-order valence-electron chi connectivity index (χ0n) is 13.2. The van der Waals surface area contributed by atoms with E-state index in [4.69, 9.17) is 4.74 Å². The lowest BCUT2D eigenvalue weighted by molar-refractivity contribution is -0.136. The molecule has 0 saturated carbocycles. The number of nitrogens with one attached hydrogen (secondary N) is 2. The number of methoxy groups -OCH3 is 1. The minimum Gasteiger partial charge on any atom is -0.507 e. The Labute approximate surface area is 139 Å². The average molecular weight is 327 g/mol. The third kappa shape index (κ3) is 4.57. The Morgan fingerprint density at radius 2 is 1.96 bits per heavy atom. The Morgan fingerprint density at radius 3 is 2.67 bits per heavy atom. The second kappa shape index (κ2) is 7.77. The summed E-state index contributed by atoms with van der Waals surface area (Å²) < 4.78 is 5.03. The van der Waals surface area contributed by atoms with Gasteiger partial charge >= 0.3 is 11.8 Å². The molecule has 0 heterocycles. The molecule has 24 heavy (non-hydrogen) atoms. The van der Waals surface area contributed by atoms with Gasteiger partial charge < -0.3 is 15.2 Å². The first-order chi connectivity index (χ1) is 11.5. The van der Waals surface area contributed by atoms with E-state index < -0.39 is 11.8 Å². The molecule has 0 spiro atoms. The summed E-state index contributed by atoms with van der Waals surface area (Å²) in [6.07, 6.45) is 1.22. The van der Waals surface area contributed by atoms with Crippen LogP contribution in [0.5, 0.6) is 11.5 Å². The molecule has 2 aromatic carbocycles. The van der Waals surface area contributed by atoms with Crippen molar-refractivity contribution < 1.29 is 19.4 Å². The summed E-state index contributed by atoms with van der Waals surface area (Å²) in [6.45, 7) is 1.88. The summed E-state index contributed by atoms with van der Waals surface area (Å²) in [6, 6.07) is 11.6. The summed E-state index contributed by atoms with van der Waals surface area (Å²) in [5, 5.41) is 15.8. The third-order valence-corrected chi connectivity index (χ3v) is 3.09. The second-order valence-corrected chi connectivity index (χ2v) is 4.95. The quantitative estimate of drug-likeness (QED) is 0.453. The molecular weight excluding hydrogens is 310 g/mol. The summed E-state index contributed by atoms with van der Waals surface area (Å²) in [5.74, 6) is -1.27. The van der Waals surface area contributed by atoms with Crippen LogP contribution >= 0.6 is 0 Å². The molecule has 0 bridgehead atoms. The minimum atomic E-state index is -0.921. The molecule has 2 rings (SSSR count). The predicted octanol–water partition coefficient (Wildman–Crippen LogP) is 1.80. The molecule has 0 radical (unpaired) electrons. The van der Waals surface area contributed by atoms with Crippen LogP contribution in [0.25, 0.3) is 0 Å². The number of ether oxygens (including phenoxy) is 1. The highest BCUT2D eigenvalue weighted by Crippen LogP contribution is 2.20. The zero-order valence-corrected chi connectivity index (χ0v) is 13.2. The summed E-state index contributed by atoms with van der Waals surface area (Å²) >= 11 is 0. The van der Waals surface area contributed by atoms with E-state index in [1.54, 1.807) is 24.3 Å². The van der Waals surface area contributed by atoms with Gasteiger partial charge in [-0.15, -0.1) is 0 Å². The van der Waals surface area contributed by atoms with Gasteiger partial charge in [-0.2, -0.15) is 5.10 Å². The van der Waals surface area contributed by atoms with Crippen LogP contribution < -0.4 is 15.5 Å². The molecular formula is C17H17N3O4. The lowest BCUT2D eigenvalue weighted by Crippen LogP contribution is -2.32. The maximum atomic E-state index is 11.8. The number of carbonyl (C=O) groups excluding carboxylic acids is 2. The number of hydrogen-bond acceptors (Lipinski definition) is 5. The molecule has 7 nitrogen and oxygen atoms in total. The molecule has 0 aliphatic carbocycles. The molecule has 2 amide bonds. The lowest BCUT2D eigenvalue weighted by Gasteiger charge is -2.05. The van der Waals surface area contributed by atoms with E-state index in [1.165, 1.54) is 25.5 Å². The van der Waals surface area contributed by atoms with E-state index in [-0.39, 0.29) is 5.75 Å². The number of nitrogens with zero attached hydrogens (tertiary/aromatic N) is 1. The molecule has 0 unspecified atom stereocenters. The van der Waals surface area contributed by atoms with Gasteiger partial charge in [0.25, 0.3) is 0 Å². The normalized spacial score (nSPS) is 10.4. The fourth-order valence-corrected chi connectivity index (χ4v) is 1.88. The number of benzene rings is 2. The van der Waals surface area contributed by atoms with Gasteiger partial charge in [0.2, 0.25) is 0 Å². The van der Waals surface area contributed by atoms with E-state index in [2.05, 4.69) is 15.8 Å². The lowest BCUT2D eigenvalue weighted by atomic mass is 10.2. The number of phenols is 1. The van der Waals surface area contributed by atoms with Gasteiger partial charge in [-0.3, -0.25) is 9.59 Å². The van der Waals surface area contributed by atoms with Crippen molar-refractivity contribution in [2.75, 3.05) is 12.4 Å². The standard InChI is InChI=1S/C17H17N3O4/c1-11-4-3-5-13(8-11)19-16(22)17(23)20-18-10-12-9-14(24-2)6-7-15(12)21/h3-10,21H,1-2H3,(H,19,22)(H,20,23)/b18-10-. The van der Waals surface area contributed by atoms with Crippen LogP contribution in [0.15, 0.2) is 47.6 Å². The molecule has 0 saturated heterocycles. The van der Waals surface area contributed by atoms with Gasteiger partial charge in [0.05, 0.1) is 13.3 Å². The van der Waals surface area contributed by atoms with Crippen molar-refractivity contribution in [2.24, 2.45) is 5.10 Å². The van der Waals surface area contributed by atoms with Crippen molar-refractivity contribution in [2.45, 2.75) is 6.92 Å². The molecule has 0 atom stereocenters. The average Bonchev–Trinajstić information content (AvgIpc) is 2.56. The van der Waals surface area contributed by atoms with Gasteiger partial charge in [-0.05, 0) is 42.8 Å². The number of aryl methyl sites for hydroxylation is 1. The van der Waals surface area contributed by atoms with E-state index >= 15 is 0 Å². The summed E-state index contributed by atoms with van der Waals surface area (Å²) in [5.41, 5.74) is 3.91. The molecule has 3 N–H and O–H groups in total. The Bertz CT molecular complexity index is 787. The number of amides is 2. The van der Waals surface area contributed by atoms with Crippen molar-refractivity contribution in [1.29, 1.82) is 0 Å². The smallest absolute Gasteiger partial charge is 0.329 e. The first kappa shape index (κ1) is 17.0. The van der Waals surface area contributed by atoms with Crippen LogP contribution in [0.3, 0.4) is 0 Å². The first-order valence-electron chi connectivity index (χ1n) is 7.07. The number of hydrogen-bond donors (Lipinski definition) is 3. The second-order valence-electron chi connectivity index (χ2n) is 4.95. The maximum absolute atomic E-state index is 11.8. The van der Waals surface area contributed by atoms with E-state index in [9.17, 15) is 14.7 Å². The zero-order chi connectivity index (χ0) is 17.5. The highest BCUT2D eigenvalue weighted by Gasteiger charge is 2.12. The highest BCUT2D eigenvalue weighted by atomic mass is 16.5. The monoisotopic (exact) mass is 327 g/mol. The van der Waals surface area contributed by atoms with E-state index in [0.717, 1.165) is 5.56 Å². The fraction of sp³-hybridized carbons (Fsp3) is 0.118. The van der Waals surface area contributed by atoms with Crippen LogP contribution in [0.2, 0.25) is 0 Å². The van der Waals surface area contributed by atoms with Crippen molar-refractivity contribution >= 4 is 23.7 Å². The predicted molar refractivity (Wildman–Crippen MR) is 90.2 cm³/mol. The van der Waals surface area contributed by atoms with Gasteiger partial charge in [0.15, 0.2) is 0 Å². The summed E-state index contributed by atoms with van der Waals surface area (Å²) in [4.78, 5) is 23.5. The summed E-state index contributed by atoms with van der Waals surface area (Å²) in [7, 11) is 1.49. The third-order valence-electron chi connectivity index (χ3n) is 3.09. The molecule has 124 valence electrons. The fourth-order valence-electron chi connectivity index (χ4n) is 1.88. The number of aromatic hydroxyl groups is 1. The number of phenolic OH excluding ortho intramolecular Hbond substituents is 1. The van der Waals surface area contributed by atoms with E-state index in [1.807, 2.05) is 13.0 Å². The van der Waals surface area contributed by atoms with Crippen LogP contribution in [0.1, 0.15) is 11.1 Å². The van der Waals surface area contributed by atoms with E-state index in [0.29, 0.717) is 17.0 Å². The number of carbonyl (C=O) groups is 2.